The summed E-state index contributed by atoms with van der Waals surface area (Å²) in [6.07, 6.45) is 1.18. The number of hydrogen-bond donors (Lipinski definition) is 2. The number of pyridine rings is 1. The largest absolute Gasteiger partial charge is 0.384 e. The number of carbonyl (C=O) groups is 1. The van der Waals surface area contributed by atoms with Gasteiger partial charge in [-0.2, -0.15) is 0 Å². The van der Waals surface area contributed by atoms with Crippen LogP contribution in [0.15, 0.2) is 12.1 Å². The molecular weight excluding hydrogens is 250 g/mol. The Bertz CT molecular complexity index is 529. The van der Waals surface area contributed by atoms with Crippen LogP contribution < -0.4 is 11.1 Å². The number of aromatic nitrogens is 1. The molecule has 20 heavy (non-hydrogen) atoms. The first-order valence-electron chi connectivity index (χ1n) is 7.16. The summed E-state index contributed by atoms with van der Waals surface area (Å²) < 4.78 is 0. The molecule has 0 bridgehead atoms. The Hall–Kier alpha value is -1.58. The van der Waals surface area contributed by atoms with Crippen molar-refractivity contribution in [2.45, 2.75) is 46.5 Å². The topological polar surface area (TPSA) is 68.0 Å². The zero-order valence-corrected chi connectivity index (χ0v) is 13.1. The SMILES string of the molecule is CC(C)(C)c1cc(C(=O)NCC2CC2(C)C)cc(N)n1. The Labute approximate surface area is 121 Å². The third kappa shape index (κ3) is 3.30. The Morgan fingerprint density at radius 2 is 2.05 bits per heavy atom. The molecule has 1 fully saturated rings. The molecule has 1 aliphatic carbocycles. The highest BCUT2D eigenvalue weighted by molar-refractivity contribution is 5.95. The van der Waals surface area contributed by atoms with E-state index in [-0.39, 0.29) is 11.3 Å². The number of rotatable bonds is 3. The maximum Gasteiger partial charge on any atom is 0.251 e. The molecule has 1 heterocycles. The van der Waals surface area contributed by atoms with Crippen molar-refractivity contribution >= 4 is 11.7 Å². The van der Waals surface area contributed by atoms with Gasteiger partial charge < -0.3 is 11.1 Å². The summed E-state index contributed by atoms with van der Waals surface area (Å²) in [6.45, 7) is 11.4. The smallest absolute Gasteiger partial charge is 0.251 e. The first-order valence-corrected chi connectivity index (χ1v) is 7.16. The number of nitrogens with zero attached hydrogens (tertiary/aromatic N) is 1. The van der Waals surface area contributed by atoms with E-state index in [4.69, 9.17) is 5.73 Å². The highest BCUT2D eigenvalue weighted by Crippen LogP contribution is 2.50. The molecule has 2 rings (SSSR count). The minimum atomic E-state index is -0.122. The predicted octanol–water partition coefficient (Wildman–Crippen LogP) is 2.74. The molecular formula is C16H25N3O. The molecule has 3 N–H and O–H groups in total. The fraction of sp³-hybridized carbons (Fsp3) is 0.625. The molecule has 1 aromatic heterocycles. The van der Waals surface area contributed by atoms with Crippen LogP contribution in [0.4, 0.5) is 5.82 Å². The Kier molecular flexibility index (Phi) is 3.53. The van der Waals surface area contributed by atoms with Gasteiger partial charge >= 0.3 is 0 Å². The van der Waals surface area contributed by atoms with E-state index in [1.165, 1.54) is 6.42 Å². The van der Waals surface area contributed by atoms with Crippen LogP contribution in [0.3, 0.4) is 0 Å². The average molecular weight is 275 g/mol. The lowest BCUT2D eigenvalue weighted by Gasteiger charge is -2.19. The second-order valence-corrected chi connectivity index (χ2v) is 7.52. The molecule has 4 nitrogen and oxygen atoms in total. The Morgan fingerprint density at radius 3 is 2.55 bits per heavy atom. The lowest BCUT2D eigenvalue weighted by Crippen LogP contribution is -2.27. The number of hydrogen-bond acceptors (Lipinski definition) is 3. The zero-order chi connectivity index (χ0) is 15.1. The van der Waals surface area contributed by atoms with E-state index in [1.54, 1.807) is 6.07 Å². The van der Waals surface area contributed by atoms with Crippen LogP contribution in [-0.2, 0) is 5.41 Å². The van der Waals surface area contributed by atoms with Crippen molar-refractivity contribution in [1.82, 2.24) is 10.3 Å². The van der Waals surface area contributed by atoms with E-state index in [2.05, 4.69) is 44.9 Å². The van der Waals surface area contributed by atoms with Crippen LogP contribution in [0, 0.1) is 11.3 Å². The summed E-state index contributed by atoms with van der Waals surface area (Å²) in [5.74, 6) is 0.925. The summed E-state index contributed by atoms with van der Waals surface area (Å²) in [6, 6.07) is 3.48. The van der Waals surface area contributed by atoms with Gasteiger partial charge in [0.15, 0.2) is 0 Å². The summed E-state index contributed by atoms with van der Waals surface area (Å²) in [7, 11) is 0. The minimum Gasteiger partial charge on any atom is -0.384 e. The van der Waals surface area contributed by atoms with Crippen LogP contribution in [0.5, 0.6) is 0 Å². The van der Waals surface area contributed by atoms with Crippen molar-refractivity contribution in [2.75, 3.05) is 12.3 Å². The van der Waals surface area contributed by atoms with Gasteiger partial charge in [0.05, 0.1) is 0 Å². The molecule has 1 atom stereocenters. The predicted molar refractivity (Wildman–Crippen MR) is 81.6 cm³/mol. The van der Waals surface area contributed by atoms with E-state index in [0.29, 0.717) is 22.7 Å². The van der Waals surface area contributed by atoms with Crippen molar-refractivity contribution in [3.05, 3.63) is 23.4 Å². The number of amides is 1. The number of nitrogen functional groups attached to an aromatic ring is 1. The van der Waals surface area contributed by atoms with Crippen LogP contribution >= 0.6 is 0 Å². The summed E-state index contributed by atoms with van der Waals surface area (Å²) in [5.41, 5.74) is 7.51. The van der Waals surface area contributed by atoms with Gasteiger partial charge in [0.1, 0.15) is 5.82 Å². The van der Waals surface area contributed by atoms with Crippen molar-refractivity contribution in [2.24, 2.45) is 11.3 Å². The highest BCUT2D eigenvalue weighted by Gasteiger charge is 2.45. The number of anilines is 1. The van der Waals surface area contributed by atoms with Crippen molar-refractivity contribution in [3.63, 3.8) is 0 Å². The second-order valence-electron chi connectivity index (χ2n) is 7.52. The second kappa shape index (κ2) is 4.76. The van der Waals surface area contributed by atoms with E-state index < -0.39 is 0 Å². The third-order valence-electron chi connectivity index (χ3n) is 4.10. The normalized spacial score (nSPS) is 20.6. The van der Waals surface area contributed by atoms with E-state index in [1.807, 2.05) is 6.07 Å². The first kappa shape index (κ1) is 14.8. The summed E-state index contributed by atoms with van der Waals surface area (Å²) >= 11 is 0. The van der Waals surface area contributed by atoms with Gasteiger partial charge in [0, 0.05) is 23.2 Å². The summed E-state index contributed by atoms with van der Waals surface area (Å²) in [5, 5.41) is 3.00. The lowest BCUT2D eigenvalue weighted by atomic mass is 9.90. The molecule has 0 aliphatic heterocycles. The standard InChI is InChI=1S/C16H25N3O/c1-15(2,3)12-6-10(7-13(17)19-12)14(20)18-9-11-8-16(11,4)5/h6-7,11H,8-9H2,1-5H3,(H2,17,19)(H,18,20). The number of nitrogens with two attached hydrogens (primary N) is 1. The van der Waals surface area contributed by atoms with Gasteiger partial charge in [-0.05, 0) is 29.9 Å². The molecule has 1 saturated carbocycles. The third-order valence-corrected chi connectivity index (χ3v) is 4.10. The quantitative estimate of drug-likeness (QED) is 0.891. The van der Waals surface area contributed by atoms with Crippen molar-refractivity contribution < 1.29 is 4.79 Å². The molecule has 0 aromatic carbocycles. The van der Waals surface area contributed by atoms with Crippen LogP contribution in [0.1, 0.15) is 57.1 Å². The van der Waals surface area contributed by atoms with Crippen LogP contribution in [-0.4, -0.2) is 17.4 Å². The van der Waals surface area contributed by atoms with Crippen molar-refractivity contribution in [3.8, 4) is 0 Å². The van der Waals surface area contributed by atoms with Crippen molar-refractivity contribution in [1.29, 1.82) is 0 Å². The van der Waals surface area contributed by atoms with Gasteiger partial charge in [0.25, 0.3) is 5.91 Å². The maximum atomic E-state index is 12.2. The van der Waals surface area contributed by atoms with E-state index in [0.717, 1.165) is 12.2 Å². The van der Waals surface area contributed by atoms with Crippen LogP contribution in [0.2, 0.25) is 0 Å². The fourth-order valence-corrected chi connectivity index (χ4v) is 2.31. The molecule has 1 unspecified atom stereocenters. The van der Waals surface area contributed by atoms with Gasteiger partial charge in [-0.15, -0.1) is 0 Å². The molecule has 0 radical (unpaired) electrons. The molecule has 1 amide bonds. The number of nitrogens with one attached hydrogen (secondary N) is 1. The molecule has 0 saturated heterocycles. The monoisotopic (exact) mass is 275 g/mol. The average Bonchev–Trinajstić information content (AvgIpc) is 2.92. The molecule has 1 aliphatic rings. The zero-order valence-electron chi connectivity index (χ0n) is 13.1. The molecule has 110 valence electrons. The van der Waals surface area contributed by atoms with Crippen LogP contribution in [0.25, 0.3) is 0 Å². The highest BCUT2D eigenvalue weighted by atomic mass is 16.1. The lowest BCUT2D eigenvalue weighted by molar-refractivity contribution is 0.0950. The maximum absolute atomic E-state index is 12.2. The summed E-state index contributed by atoms with van der Waals surface area (Å²) in [4.78, 5) is 16.5. The van der Waals surface area contributed by atoms with Gasteiger partial charge in [-0.25, -0.2) is 4.98 Å². The van der Waals surface area contributed by atoms with E-state index >= 15 is 0 Å². The molecule has 0 spiro atoms. The Balaban J connectivity index is 2.08. The van der Waals surface area contributed by atoms with Gasteiger partial charge in [-0.3, -0.25) is 4.79 Å². The molecule has 4 heteroatoms. The van der Waals surface area contributed by atoms with Gasteiger partial charge in [0.2, 0.25) is 0 Å². The number of carbonyl (C=O) groups excluding carboxylic acids is 1. The van der Waals surface area contributed by atoms with Gasteiger partial charge in [-0.1, -0.05) is 34.6 Å². The minimum absolute atomic E-state index is 0.0627. The molecule has 1 aromatic rings. The van der Waals surface area contributed by atoms with E-state index in [9.17, 15) is 4.79 Å². The fourth-order valence-electron chi connectivity index (χ4n) is 2.31. The first-order chi connectivity index (χ1) is 9.09. The Morgan fingerprint density at radius 1 is 1.45 bits per heavy atom.